The molecule has 0 atom stereocenters. The fourth-order valence-electron chi connectivity index (χ4n) is 1.65. The van der Waals surface area contributed by atoms with Crippen LogP contribution in [0.3, 0.4) is 0 Å². The molecule has 0 bridgehead atoms. The average molecular weight is 315 g/mol. The van der Waals surface area contributed by atoms with E-state index in [9.17, 15) is 0 Å². The lowest BCUT2D eigenvalue weighted by Crippen LogP contribution is -1.85. The van der Waals surface area contributed by atoms with Crippen LogP contribution in [0.25, 0.3) is 10.2 Å². The Bertz CT molecular complexity index is 805. The number of hydrogen-bond donors (Lipinski definition) is 1. The number of benzene rings is 2. The van der Waals surface area contributed by atoms with Crippen LogP contribution < -0.4 is 5.73 Å². The molecule has 0 saturated carbocycles. The van der Waals surface area contributed by atoms with Crippen molar-refractivity contribution in [3.05, 3.63) is 47.5 Å². The molecule has 0 spiro atoms. The van der Waals surface area contributed by atoms with E-state index in [0.717, 1.165) is 25.7 Å². The number of para-hydroxylation sites is 1. The fraction of sp³-hybridized carbons (Fsp3) is 0. The first-order valence-corrected chi connectivity index (χ1v) is 8.72. The quantitative estimate of drug-likeness (QED) is 0.567. The van der Waals surface area contributed by atoms with Gasteiger partial charge in [0.15, 0.2) is 5.01 Å². The van der Waals surface area contributed by atoms with Crippen LogP contribution in [0.5, 0.6) is 0 Å². The summed E-state index contributed by atoms with van der Waals surface area (Å²) in [6, 6.07) is 15.9. The third-order valence-corrected chi connectivity index (χ3v) is 5.97. The molecule has 0 amide bonds. The van der Waals surface area contributed by atoms with Crippen molar-refractivity contribution < 1.29 is 0 Å². The molecule has 3 rings (SSSR count). The van der Waals surface area contributed by atoms with Crippen LogP contribution in [-0.2, 0) is 0 Å². The maximum absolute atomic E-state index is 8.87. The van der Waals surface area contributed by atoms with Gasteiger partial charge in [0.05, 0.1) is 10.2 Å². The number of aromatic nitrogens is 1. The number of nitrogen functional groups attached to an aromatic ring is 1. The van der Waals surface area contributed by atoms with Gasteiger partial charge in [-0.1, -0.05) is 33.7 Å². The van der Waals surface area contributed by atoms with E-state index >= 15 is 0 Å². The number of thiazole rings is 1. The first-order chi connectivity index (χ1) is 9.76. The largest absolute Gasteiger partial charge is 0.398 e. The highest BCUT2D eigenvalue weighted by Gasteiger charge is 2.06. The van der Waals surface area contributed by atoms with Crippen molar-refractivity contribution in [2.45, 2.75) is 9.79 Å². The number of nitrogens with two attached hydrogens (primary N) is 1. The van der Waals surface area contributed by atoms with Gasteiger partial charge in [-0.25, -0.2) is 4.98 Å². The number of fused-ring (bicyclic) bond motifs is 1. The smallest absolute Gasteiger partial charge is 0.195 e. The van der Waals surface area contributed by atoms with Crippen molar-refractivity contribution >= 4 is 48.8 Å². The van der Waals surface area contributed by atoms with Crippen molar-refractivity contribution in [2.75, 3.05) is 5.73 Å². The number of hydrogen-bond acceptors (Lipinski definition) is 6. The SMILES string of the molecule is N#Cc1nc2ccc(SSc3ccccc3N)cc2s1. The summed E-state index contributed by atoms with van der Waals surface area (Å²) in [6.07, 6.45) is 0. The van der Waals surface area contributed by atoms with Crippen molar-refractivity contribution in [2.24, 2.45) is 0 Å². The van der Waals surface area contributed by atoms with Gasteiger partial charge in [0.2, 0.25) is 0 Å². The van der Waals surface area contributed by atoms with E-state index < -0.39 is 0 Å². The normalized spacial score (nSPS) is 10.6. The number of nitrogens with zero attached hydrogens (tertiary/aromatic N) is 2. The molecule has 98 valence electrons. The molecule has 2 N–H and O–H groups in total. The van der Waals surface area contributed by atoms with E-state index in [-0.39, 0.29) is 0 Å². The predicted octanol–water partition coefficient (Wildman–Crippen LogP) is 4.55. The van der Waals surface area contributed by atoms with E-state index in [2.05, 4.69) is 17.1 Å². The molecular formula is C14H9N3S3. The number of nitriles is 1. The second kappa shape index (κ2) is 5.75. The molecule has 3 nitrogen and oxygen atoms in total. The van der Waals surface area contributed by atoms with Crippen LogP contribution in [0.15, 0.2) is 52.3 Å². The Kier molecular flexibility index (Phi) is 3.83. The second-order valence-corrected chi connectivity index (χ2v) is 7.24. The highest BCUT2D eigenvalue weighted by atomic mass is 33.1. The molecule has 1 aromatic heterocycles. The van der Waals surface area contributed by atoms with Gasteiger partial charge in [0, 0.05) is 15.5 Å². The van der Waals surface area contributed by atoms with E-state index in [1.807, 2.05) is 36.4 Å². The lowest BCUT2D eigenvalue weighted by molar-refractivity contribution is 1.39. The summed E-state index contributed by atoms with van der Waals surface area (Å²) in [5.74, 6) is 0. The Morgan fingerprint density at radius 1 is 1.15 bits per heavy atom. The fourth-order valence-corrected chi connectivity index (χ4v) is 4.63. The zero-order valence-electron chi connectivity index (χ0n) is 10.2. The Morgan fingerprint density at radius 3 is 2.80 bits per heavy atom. The van der Waals surface area contributed by atoms with Crippen LogP contribution in [0, 0.1) is 11.3 Å². The van der Waals surface area contributed by atoms with Gasteiger partial charge in [-0.2, -0.15) is 5.26 Å². The second-order valence-electron chi connectivity index (χ2n) is 3.96. The summed E-state index contributed by atoms with van der Waals surface area (Å²) in [4.78, 5) is 6.41. The topological polar surface area (TPSA) is 62.7 Å². The third kappa shape index (κ3) is 2.75. The first kappa shape index (κ1) is 13.3. The zero-order chi connectivity index (χ0) is 13.9. The van der Waals surface area contributed by atoms with Gasteiger partial charge in [0.1, 0.15) is 6.07 Å². The minimum absolute atomic E-state index is 0.502. The van der Waals surface area contributed by atoms with Crippen LogP contribution >= 0.6 is 32.9 Å². The molecule has 0 aliphatic rings. The Hall–Kier alpha value is -1.68. The average Bonchev–Trinajstić information content (AvgIpc) is 2.88. The summed E-state index contributed by atoms with van der Waals surface area (Å²) in [5.41, 5.74) is 7.58. The molecule has 6 heteroatoms. The van der Waals surface area contributed by atoms with Crippen molar-refractivity contribution in [3.8, 4) is 6.07 Å². The summed E-state index contributed by atoms with van der Waals surface area (Å²) in [6.45, 7) is 0. The summed E-state index contributed by atoms with van der Waals surface area (Å²) < 4.78 is 1.04. The zero-order valence-corrected chi connectivity index (χ0v) is 12.7. The molecular weight excluding hydrogens is 306 g/mol. The molecule has 0 unspecified atom stereocenters. The third-order valence-electron chi connectivity index (χ3n) is 2.60. The predicted molar refractivity (Wildman–Crippen MR) is 86.9 cm³/mol. The maximum atomic E-state index is 8.87. The van der Waals surface area contributed by atoms with Crippen molar-refractivity contribution in [1.29, 1.82) is 5.26 Å². The molecule has 0 saturated heterocycles. The minimum atomic E-state index is 0.502. The lowest BCUT2D eigenvalue weighted by atomic mass is 10.3. The molecule has 0 aliphatic heterocycles. The minimum Gasteiger partial charge on any atom is -0.398 e. The molecule has 0 aliphatic carbocycles. The monoisotopic (exact) mass is 315 g/mol. The standard InChI is InChI=1S/C14H9N3S3/c15-8-14-17-11-6-5-9(7-13(11)18-14)19-20-12-4-2-1-3-10(12)16/h1-7H,16H2. The Labute approximate surface area is 128 Å². The van der Waals surface area contributed by atoms with E-state index in [4.69, 9.17) is 11.0 Å². The van der Waals surface area contributed by atoms with Gasteiger partial charge in [-0.05, 0) is 30.3 Å². The molecule has 20 heavy (non-hydrogen) atoms. The van der Waals surface area contributed by atoms with Gasteiger partial charge < -0.3 is 5.73 Å². The van der Waals surface area contributed by atoms with Crippen LogP contribution in [0.1, 0.15) is 5.01 Å². The first-order valence-electron chi connectivity index (χ1n) is 5.76. The van der Waals surface area contributed by atoms with E-state index in [1.54, 1.807) is 21.6 Å². The summed E-state index contributed by atoms with van der Waals surface area (Å²) >= 11 is 1.42. The van der Waals surface area contributed by atoms with Crippen LogP contribution in [0.4, 0.5) is 5.69 Å². The number of anilines is 1. The van der Waals surface area contributed by atoms with Gasteiger partial charge >= 0.3 is 0 Å². The molecule has 3 aromatic rings. The highest BCUT2D eigenvalue weighted by Crippen LogP contribution is 2.41. The van der Waals surface area contributed by atoms with E-state index in [0.29, 0.717) is 5.01 Å². The maximum Gasteiger partial charge on any atom is 0.195 e. The highest BCUT2D eigenvalue weighted by molar-refractivity contribution is 8.76. The Morgan fingerprint density at radius 2 is 2.00 bits per heavy atom. The number of rotatable bonds is 3. The lowest BCUT2D eigenvalue weighted by Gasteiger charge is -2.04. The van der Waals surface area contributed by atoms with Crippen molar-refractivity contribution in [3.63, 3.8) is 0 Å². The van der Waals surface area contributed by atoms with Crippen LogP contribution in [0.2, 0.25) is 0 Å². The molecule has 0 radical (unpaired) electrons. The van der Waals surface area contributed by atoms with Crippen molar-refractivity contribution in [1.82, 2.24) is 4.98 Å². The summed E-state index contributed by atoms with van der Waals surface area (Å²) in [5, 5.41) is 9.37. The van der Waals surface area contributed by atoms with Gasteiger partial charge in [0.25, 0.3) is 0 Å². The Balaban J connectivity index is 1.81. The van der Waals surface area contributed by atoms with Gasteiger partial charge in [-0.3, -0.25) is 0 Å². The van der Waals surface area contributed by atoms with Gasteiger partial charge in [-0.15, -0.1) is 11.3 Å². The van der Waals surface area contributed by atoms with Crippen LogP contribution in [-0.4, -0.2) is 4.98 Å². The summed E-state index contributed by atoms with van der Waals surface area (Å²) in [7, 11) is 3.28. The molecule has 0 fully saturated rings. The molecule has 1 heterocycles. The van der Waals surface area contributed by atoms with E-state index in [1.165, 1.54) is 11.3 Å². The molecule has 2 aromatic carbocycles.